The van der Waals surface area contributed by atoms with Gasteiger partial charge in [0.15, 0.2) is 12.2 Å². The minimum atomic E-state index is -4.95. The third-order valence-corrected chi connectivity index (χ3v) is 17.4. The van der Waals surface area contributed by atoms with Gasteiger partial charge in [0.05, 0.1) is 26.4 Å². The fourth-order valence-corrected chi connectivity index (χ4v) is 11.6. The molecular formula is C67H130O17P2. The molecule has 17 nitrogen and oxygen atoms in total. The Hall–Kier alpha value is -1.94. The molecule has 510 valence electrons. The van der Waals surface area contributed by atoms with E-state index < -0.39 is 97.5 Å². The summed E-state index contributed by atoms with van der Waals surface area (Å²) >= 11 is 0. The predicted molar refractivity (Wildman–Crippen MR) is 345 cm³/mol. The van der Waals surface area contributed by atoms with E-state index in [0.29, 0.717) is 31.6 Å². The van der Waals surface area contributed by atoms with Crippen molar-refractivity contribution in [2.24, 2.45) is 11.8 Å². The largest absolute Gasteiger partial charge is 0.472 e. The molecule has 19 heteroatoms. The molecule has 0 aromatic heterocycles. The Balaban J connectivity index is 5.23. The van der Waals surface area contributed by atoms with Crippen LogP contribution in [0, 0.1) is 11.8 Å². The zero-order chi connectivity index (χ0) is 63.6. The third kappa shape index (κ3) is 60.9. The van der Waals surface area contributed by atoms with Gasteiger partial charge in [0.2, 0.25) is 0 Å². The topological polar surface area (TPSA) is 237 Å². The van der Waals surface area contributed by atoms with Crippen LogP contribution in [-0.4, -0.2) is 96.7 Å². The van der Waals surface area contributed by atoms with Gasteiger partial charge in [-0.15, -0.1) is 0 Å². The summed E-state index contributed by atoms with van der Waals surface area (Å²) < 4.78 is 68.1. The van der Waals surface area contributed by atoms with Crippen molar-refractivity contribution in [2.45, 2.75) is 355 Å². The van der Waals surface area contributed by atoms with Crippen LogP contribution in [0.3, 0.4) is 0 Å². The molecule has 3 N–H and O–H groups in total. The Morgan fingerprint density at radius 3 is 0.791 bits per heavy atom. The number of phosphoric acid groups is 2. The van der Waals surface area contributed by atoms with Crippen molar-refractivity contribution in [1.82, 2.24) is 0 Å². The lowest BCUT2D eigenvalue weighted by Crippen LogP contribution is -2.30. The van der Waals surface area contributed by atoms with E-state index in [0.717, 1.165) is 102 Å². The lowest BCUT2D eigenvalue weighted by atomic mass is 10.0. The van der Waals surface area contributed by atoms with Crippen LogP contribution in [0.25, 0.3) is 0 Å². The first-order valence-electron chi connectivity index (χ1n) is 35.0. The van der Waals surface area contributed by atoms with Crippen LogP contribution in [-0.2, 0) is 65.4 Å². The van der Waals surface area contributed by atoms with E-state index in [1.54, 1.807) is 0 Å². The number of phosphoric ester groups is 2. The minimum Gasteiger partial charge on any atom is -0.462 e. The highest BCUT2D eigenvalue weighted by Crippen LogP contribution is 2.45. The quantitative estimate of drug-likeness (QED) is 0.0222. The number of esters is 4. The summed E-state index contributed by atoms with van der Waals surface area (Å²) in [5.41, 5.74) is 0. The Bertz CT molecular complexity index is 1680. The summed E-state index contributed by atoms with van der Waals surface area (Å²) in [6.45, 7) is 9.44. The summed E-state index contributed by atoms with van der Waals surface area (Å²) in [5, 5.41) is 10.6. The van der Waals surface area contributed by atoms with Crippen molar-refractivity contribution < 1.29 is 80.2 Å². The average molecular weight is 1270 g/mol. The molecule has 0 amide bonds. The highest BCUT2D eigenvalue weighted by atomic mass is 31.2. The lowest BCUT2D eigenvalue weighted by molar-refractivity contribution is -0.161. The van der Waals surface area contributed by atoms with Gasteiger partial charge < -0.3 is 33.8 Å². The molecule has 5 atom stereocenters. The molecule has 0 aromatic carbocycles. The second kappa shape index (κ2) is 59.4. The van der Waals surface area contributed by atoms with Crippen LogP contribution in [0.5, 0.6) is 0 Å². The molecule has 0 bridgehead atoms. The number of hydrogen-bond donors (Lipinski definition) is 3. The normalized spacial score (nSPS) is 14.2. The highest BCUT2D eigenvalue weighted by Gasteiger charge is 2.30. The average Bonchev–Trinajstić information content (AvgIpc) is 3.51. The number of carbonyl (C=O) groups excluding carboxylic acids is 4. The standard InChI is InChI=1S/C67H130O17P2/c1-7-9-11-13-15-17-21-26-30-37-43-49-64(69)77-55-62(83-67(72)52-46-40-32-28-24-20-19-23-25-29-35-41-47-59(3)4)57-81-85(73,74)79-53-61(68)54-80-86(75,76)82-58-63(56-78-65(70)50-44-38-34-33-36-42-48-60(5)6)84-66(71)51-45-39-31-27-22-18-16-14-12-10-8-2/h59-63,68H,7-58H2,1-6H3,(H,73,74)(H,75,76)/t61-,62-,63-/m1/s1. The fraction of sp³-hybridized carbons (Fsp3) is 0.940. The number of ether oxygens (including phenoxy) is 4. The van der Waals surface area contributed by atoms with Crippen LogP contribution >= 0.6 is 15.6 Å². The zero-order valence-corrected chi connectivity index (χ0v) is 57.4. The van der Waals surface area contributed by atoms with Crippen molar-refractivity contribution >= 4 is 39.5 Å². The van der Waals surface area contributed by atoms with Gasteiger partial charge >= 0.3 is 39.5 Å². The SMILES string of the molecule is CCCCCCCCCCCCCC(=O)OC[C@H](COP(=O)(O)OC[C@@H](O)COP(=O)(O)OC[C@@H](COC(=O)CCCCCCCCC(C)C)OC(=O)CCCCCCCCCCCCC)OC(=O)CCCCCCCCCCCCCCC(C)C. The molecule has 86 heavy (non-hydrogen) atoms. The van der Waals surface area contributed by atoms with Gasteiger partial charge in [0.25, 0.3) is 0 Å². The van der Waals surface area contributed by atoms with Gasteiger partial charge in [0.1, 0.15) is 19.3 Å². The molecule has 0 radical (unpaired) electrons. The first-order chi connectivity index (χ1) is 41.4. The Labute approximate surface area is 524 Å². The molecule has 0 spiro atoms. The van der Waals surface area contributed by atoms with Gasteiger partial charge in [-0.05, 0) is 37.5 Å². The van der Waals surface area contributed by atoms with Crippen LogP contribution in [0.1, 0.15) is 337 Å². The van der Waals surface area contributed by atoms with Crippen LogP contribution in [0.15, 0.2) is 0 Å². The number of aliphatic hydroxyl groups excluding tert-OH is 1. The molecule has 0 saturated heterocycles. The van der Waals surface area contributed by atoms with Crippen molar-refractivity contribution in [1.29, 1.82) is 0 Å². The number of hydrogen-bond acceptors (Lipinski definition) is 15. The summed E-state index contributed by atoms with van der Waals surface area (Å²) in [5.74, 6) is -0.673. The maximum atomic E-state index is 13.0. The van der Waals surface area contributed by atoms with E-state index >= 15 is 0 Å². The molecule has 0 aliphatic carbocycles. The highest BCUT2D eigenvalue weighted by molar-refractivity contribution is 7.47. The van der Waals surface area contributed by atoms with E-state index in [1.165, 1.54) is 148 Å². The van der Waals surface area contributed by atoms with E-state index in [9.17, 15) is 43.2 Å². The summed E-state index contributed by atoms with van der Waals surface area (Å²) in [6.07, 6.45) is 43.1. The maximum absolute atomic E-state index is 13.0. The minimum absolute atomic E-state index is 0.106. The lowest BCUT2D eigenvalue weighted by Gasteiger charge is -2.21. The second-order valence-corrected chi connectivity index (χ2v) is 28.1. The van der Waals surface area contributed by atoms with Gasteiger partial charge in [-0.25, -0.2) is 9.13 Å². The van der Waals surface area contributed by atoms with E-state index in [4.69, 9.17) is 37.0 Å². The molecule has 0 rings (SSSR count). The Morgan fingerprint density at radius 2 is 0.535 bits per heavy atom. The van der Waals surface area contributed by atoms with Crippen LogP contribution in [0.4, 0.5) is 0 Å². The molecule has 0 heterocycles. The van der Waals surface area contributed by atoms with Gasteiger partial charge in [-0.1, -0.05) is 286 Å². The zero-order valence-electron chi connectivity index (χ0n) is 55.6. The van der Waals surface area contributed by atoms with E-state index in [2.05, 4.69) is 41.5 Å². The van der Waals surface area contributed by atoms with Crippen molar-refractivity contribution in [3.05, 3.63) is 0 Å². The molecule has 0 aliphatic heterocycles. The Morgan fingerprint density at radius 1 is 0.314 bits per heavy atom. The first-order valence-corrected chi connectivity index (χ1v) is 38.0. The van der Waals surface area contributed by atoms with Crippen molar-refractivity contribution in [3.8, 4) is 0 Å². The monoisotopic (exact) mass is 1270 g/mol. The molecule has 0 fully saturated rings. The number of unbranched alkanes of at least 4 members (excludes halogenated alkanes) is 36. The van der Waals surface area contributed by atoms with Crippen molar-refractivity contribution in [3.63, 3.8) is 0 Å². The van der Waals surface area contributed by atoms with Crippen LogP contribution < -0.4 is 0 Å². The van der Waals surface area contributed by atoms with Gasteiger partial charge in [0, 0.05) is 25.7 Å². The molecule has 0 aliphatic rings. The van der Waals surface area contributed by atoms with Gasteiger partial charge in [-0.2, -0.15) is 0 Å². The van der Waals surface area contributed by atoms with Crippen molar-refractivity contribution in [2.75, 3.05) is 39.6 Å². The number of rotatable bonds is 66. The number of aliphatic hydroxyl groups is 1. The second-order valence-electron chi connectivity index (χ2n) is 25.2. The Kier molecular flexibility index (Phi) is 58.0. The fourth-order valence-electron chi connectivity index (χ4n) is 10.1. The molecule has 2 unspecified atom stereocenters. The predicted octanol–water partition coefficient (Wildman–Crippen LogP) is 18.8. The smallest absolute Gasteiger partial charge is 0.462 e. The molecular weight excluding hydrogens is 1140 g/mol. The third-order valence-electron chi connectivity index (χ3n) is 15.5. The van der Waals surface area contributed by atoms with Gasteiger partial charge in [-0.3, -0.25) is 37.3 Å². The maximum Gasteiger partial charge on any atom is 0.472 e. The molecule has 0 aromatic rings. The summed E-state index contributed by atoms with van der Waals surface area (Å²) in [6, 6.07) is 0. The molecule has 0 saturated carbocycles. The first kappa shape index (κ1) is 84.1. The van der Waals surface area contributed by atoms with Crippen LogP contribution in [0.2, 0.25) is 0 Å². The summed E-state index contributed by atoms with van der Waals surface area (Å²) in [4.78, 5) is 72.3. The van der Waals surface area contributed by atoms with E-state index in [1.807, 2.05) is 0 Å². The van der Waals surface area contributed by atoms with E-state index in [-0.39, 0.29) is 25.7 Å². The summed E-state index contributed by atoms with van der Waals surface area (Å²) in [7, 11) is -9.89. The number of carbonyl (C=O) groups is 4.